The fourth-order valence-corrected chi connectivity index (χ4v) is 3.05. The number of halogens is 2. The monoisotopic (exact) mass is 300 g/mol. The Morgan fingerprint density at radius 3 is 2.58 bits per heavy atom. The Hall–Kier alpha value is -0.930. The maximum Gasteiger partial charge on any atom is 0.254 e. The average molecular weight is 301 g/mol. The van der Waals surface area contributed by atoms with Crippen LogP contribution in [0.3, 0.4) is 0 Å². The van der Waals surface area contributed by atoms with Crippen molar-refractivity contribution in [3.05, 3.63) is 27.7 Å². The number of carbonyl (C=O) groups is 1. The summed E-state index contributed by atoms with van der Waals surface area (Å²) in [5.74, 6) is -0.00431. The van der Waals surface area contributed by atoms with Crippen LogP contribution in [0.1, 0.15) is 43.0 Å². The maximum absolute atomic E-state index is 12.6. The van der Waals surface area contributed by atoms with Crippen LogP contribution in [0.25, 0.3) is 0 Å². The van der Waals surface area contributed by atoms with Crippen LogP contribution in [-0.2, 0) is 0 Å². The van der Waals surface area contributed by atoms with Gasteiger partial charge >= 0.3 is 0 Å². The van der Waals surface area contributed by atoms with Crippen molar-refractivity contribution < 1.29 is 4.79 Å². The number of piperidine rings is 1. The molecule has 0 bridgehead atoms. The quantitative estimate of drug-likeness (QED) is 0.840. The summed E-state index contributed by atoms with van der Waals surface area (Å²) in [5.41, 5.74) is 6.54. The summed E-state index contributed by atoms with van der Waals surface area (Å²) in [5, 5.41) is 0.668. The molecule has 0 radical (unpaired) electrons. The second-order valence-corrected chi connectivity index (χ2v) is 5.72. The van der Waals surface area contributed by atoms with E-state index in [4.69, 9.17) is 28.9 Å². The van der Waals surface area contributed by atoms with E-state index in [1.54, 1.807) is 12.1 Å². The first kappa shape index (κ1) is 14.5. The SMILES string of the molecule is CCC1CCCCN1C(=O)c1cc(Cl)c(N)c(Cl)c1. The first-order valence-corrected chi connectivity index (χ1v) is 7.35. The van der Waals surface area contributed by atoms with Gasteiger partial charge in [-0.3, -0.25) is 4.79 Å². The number of rotatable bonds is 2. The smallest absolute Gasteiger partial charge is 0.254 e. The van der Waals surface area contributed by atoms with Crippen LogP contribution in [0.5, 0.6) is 0 Å². The lowest BCUT2D eigenvalue weighted by atomic mass is 9.99. The van der Waals surface area contributed by atoms with Gasteiger partial charge in [-0.05, 0) is 37.8 Å². The topological polar surface area (TPSA) is 46.3 Å². The van der Waals surface area contributed by atoms with Crippen molar-refractivity contribution in [2.75, 3.05) is 12.3 Å². The van der Waals surface area contributed by atoms with E-state index in [9.17, 15) is 4.79 Å². The lowest BCUT2D eigenvalue weighted by Crippen LogP contribution is -2.43. The highest BCUT2D eigenvalue weighted by atomic mass is 35.5. The number of hydrogen-bond acceptors (Lipinski definition) is 2. The van der Waals surface area contributed by atoms with E-state index < -0.39 is 0 Å². The van der Waals surface area contributed by atoms with E-state index in [0.717, 1.165) is 25.8 Å². The van der Waals surface area contributed by atoms with Crippen molar-refractivity contribution >= 4 is 34.8 Å². The van der Waals surface area contributed by atoms with Gasteiger partial charge in [0.05, 0.1) is 15.7 Å². The molecule has 1 aliphatic rings. The van der Waals surface area contributed by atoms with Crippen molar-refractivity contribution in [2.24, 2.45) is 0 Å². The highest BCUT2D eigenvalue weighted by Gasteiger charge is 2.26. The summed E-state index contributed by atoms with van der Waals surface area (Å²) in [6, 6.07) is 3.52. The summed E-state index contributed by atoms with van der Waals surface area (Å²) in [4.78, 5) is 14.5. The molecule has 5 heteroatoms. The zero-order valence-electron chi connectivity index (χ0n) is 11.0. The van der Waals surface area contributed by atoms with Crippen molar-refractivity contribution in [3.63, 3.8) is 0 Å². The minimum Gasteiger partial charge on any atom is -0.396 e. The van der Waals surface area contributed by atoms with Gasteiger partial charge in [0.2, 0.25) is 0 Å². The average Bonchev–Trinajstić information content (AvgIpc) is 2.43. The Kier molecular flexibility index (Phi) is 4.58. The minimum absolute atomic E-state index is 0.00431. The number of carbonyl (C=O) groups excluding carboxylic acids is 1. The summed E-state index contributed by atoms with van der Waals surface area (Å²) >= 11 is 12.0. The second kappa shape index (κ2) is 6.02. The van der Waals surface area contributed by atoms with Gasteiger partial charge in [0.15, 0.2) is 0 Å². The third-order valence-corrected chi connectivity index (χ3v) is 4.31. The molecule has 1 saturated heterocycles. The zero-order chi connectivity index (χ0) is 14.0. The first-order valence-electron chi connectivity index (χ1n) is 6.60. The third kappa shape index (κ3) is 2.98. The summed E-state index contributed by atoms with van der Waals surface area (Å²) < 4.78 is 0. The molecule has 0 saturated carbocycles. The van der Waals surface area contributed by atoms with Crippen LogP contribution in [0.2, 0.25) is 10.0 Å². The minimum atomic E-state index is -0.00431. The second-order valence-electron chi connectivity index (χ2n) is 4.91. The molecule has 2 N–H and O–H groups in total. The van der Waals surface area contributed by atoms with Crippen LogP contribution >= 0.6 is 23.2 Å². The number of benzene rings is 1. The third-order valence-electron chi connectivity index (χ3n) is 3.69. The van der Waals surface area contributed by atoms with E-state index in [-0.39, 0.29) is 5.91 Å². The molecule has 1 amide bonds. The van der Waals surface area contributed by atoms with Gasteiger partial charge in [0.25, 0.3) is 5.91 Å². The molecule has 1 heterocycles. The number of amides is 1. The molecule has 2 rings (SSSR count). The summed E-state index contributed by atoms with van der Waals surface area (Å²) in [6.07, 6.45) is 4.28. The van der Waals surface area contributed by atoms with Crippen LogP contribution in [-0.4, -0.2) is 23.4 Å². The van der Waals surface area contributed by atoms with Gasteiger partial charge in [0.1, 0.15) is 0 Å². The molecule has 19 heavy (non-hydrogen) atoms. The fourth-order valence-electron chi connectivity index (χ4n) is 2.57. The lowest BCUT2D eigenvalue weighted by Gasteiger charge is -2.35. The summed E-state index contributed by atoms with van der Waals surface area (Å²) in [7, 11) is 0. The standard InChI is InChI=1S/C14H18Cl2N2O/c1-2-10-5-3-4-6-18(10)14(19)9-7-11(15)13(17)12(16)8-9/h7-8,10H,2-6,17H2,1H3. The predicted molar refractivity (Wildman–Crippen MR) is 79.8 cm³/mol. The Labute approximate surface area is 123 Å². The van der Waals surface area contributed by atoms with Crippen LogP contribution in [0.4, 0.5) is 5.69 Å². The number of nitrogens with two attached hydrogens (primary N) is 1. The highest BCUT2D eigenvalue weighted by molar-refractivity contribution is 6.39. The first-order chi connectivity index (χ1) is 9.04. The molecule has 1 aliphatic heterocycles. The fraction of sp³-hybridized carbons (Fsp3) is 0.500. The Morgan fingerprint density at radius 2 is 2.00 bits per heavy atom. The Bertz CT molecular complexity index is 467. The van der Waals surface area contributed by atoms with Crippen molar-refractivity contribution in [3.8, 4) is 0 Å². The molecule has 0 aromatic heterocycles. The Balaban J connectivity index is 2.28. The van der Waals surface area contributed by atoms with Gasteiger partial charge in [-0.1, -0.05) is 30.1 Å². The highest BCUT2D eigenvalue weighted by Crippen LogP contribution is 2.30. The van der Waals surface area contributed by atoms with Gasteiger partial charge in [-0.15, -0.1) is 0 Å². The molecule has 1 fully saturated rings. The summed E-state index contributed by atoms with van der Waals surface area (Å²) in [6.45, 7) is 2.91. The van der Waals surface area contributed by atoms with E-state index >= 15 is 0 Å². The maximum atomic E-state index is 12.6. The predicted octanol–water partition coefficient (Wildman–Crippen LogP) is 3.98. The molecule has 104 valence electrons. The molecule has 3 nitrogen and oxygen atoms in total. The molecule has 0 aliphatic carbocycles. The van der Waals surface area contributed by atoms with Crippen molar-refractivity contribution in [1.82, 2.24) is 4.90 Å². The molecule has 1 atom stereocenters. The molecule has 1 aromatic carbocycles. The normalized spacial score (nSPS) is 19.5. The Morgan fingerprint density at radius 1 is 1.37 bits per heavy atom. The van der Waals surface area contributed by atoms with E-state index in [2.05, 4.69) is 6.92 Å². The van der Waals surface area contributed by atoms with Crippen molar-refractivity contribution in [1.29, 1.82) is 0 Å². The molecule has 1 aromatic rings. The number of hydrogen-bond donors (Lipinski definition) is 1. The largest absolute Gasteiger partial charge is 0.396 e. The van der Waals surface area contributed by atoms with E-state index in [1.807, 2.05) is 4.90 Å². The lowest BCUT2D eigenvalue weighted by molar-refractivity contribution is 0.0608. The van der Waals surface area contributed by atoms with E-state index in [1.165, 1.54) is 6.42 Å². The number of anilines is 1. The van der Waals surface area contributed by atoms with Crippen molar-refractivity contribution in [2.45, 2.75) is 38.6 Å². The molecular formula is C14H18Cl2N2O. The molecule has 0 spiro atoms. The van der Waals surface area contributed by atoms with Gasteiger partial charge in [-0.25, -0.2) is 0 Å². The molecule has 1 unspecified atom stereocenters. The van der Waals surface area contributed by atoms with Crippen LogP contribution < -0.4 is 5.73 Å². The molecular weight excluding hydrogens is 283 g/mol. The van der Waals surface area contributed by atoms with Crippen LogP contribution in [0.15, 0.2) is 12.1 Å². The van der Waals surface area contributed by atoms with E-state index in [0.29, 0.717) is 27.3 Å². The number of nitrogen functional groups attached to an aromatic ring is 1. The van der Waals surface area contributed by atoms with Crippen LogP contribution in [0, 0.1) is 0 Å². The zero-order valence-corrected chi connectivity index (χ0v) is 12.5. The van der Waals surface area contributed by atoms with Gasteiger partial charge in [-0.2, -0.15) is 0 Å². The number of nitrogens with zero attached hydrogens (tertiary/aromatic N) is 1. The van der Waals surface area contributed by atoms with Gasteiger partial charge in [0, 0.05) is 18.2 Å². The number of likely N-dealkylation sites (tertiary alicyclic amines) is 1. The van der Waals surface area contributed by atoms with Gasteiger partial charge < -0.3 is 10.6 Å².